The fourth-order valence-corrected chi connectivity index (χ4v) is 4.68. The maximum atomic E-state index is 11.9. The van der Waals surface area contributed by atoms with Gasteiger partial charge in [-0.05, 0) is 18.6 Å². The Bertz CT molecular complexity index is 792. The van der Waals surface area contributed by atoms with Crippen molar-refractivity contribution in [2.45, 2.75) is 23.7 Å². The van der Waals surface area contributed by atoms with E-state index in [0.717, 1.165) is 10.4 Å². The van der Waals surface area contributed by atoms with E-state index in [9.17, 15) is 8.42 Å². The van der Waals surface area contributed by atoms with E-state index in [1.165, 1.54) is 17.6 Å². The second kappa shape index (κ2) is 5.27. The number of thiophene rings is 1. The fourth-order valence-electron chi connectivity index (χ4n) is 2.35. The molecule has 2 aromatic rings. The highest BCUT2D eigenvalue weighted by Crippen LogP contribution is 2.34. The zero-order valence-electron chi connectivity index (χ0n) is 11.7. The van der Waals surface area contributed by atoms with E-state index in [0.29, 0.717) is 21.9 Å². The number of aryl methyl sites for hydroxylation is 1. The van der Waals surface area contributed by atoms with E-state index in [1.807, 2.05) is 43.3 Å². The number of rotatable bonds is 3. The molecule has 1 aromatic heterocycles. The molecule has 110 valence electrons. The minimum Gasteiger partial charge on any atom is -0.387 e. The molecule has 1 aromatic carbocycles. The third-order valence-electron chi connectivity index (χ3n) is 3.31. The average molecular weight is 321 g/mol. The van der Waals surface area contributed by atoms with Gasteiger partial charge in [-0.25, -0.2) is 8.42 Å². The highest BCUT2D eigenvalue weighted by molar-refractivity contribution is 7.92. The summed E-state index contributed by atoms with van der Waals surface area (Å²) in [5.41, 5.74) is 2.43. The van der Waals surface area contributed by atoms with Crippen molar-refractivity contribution in [3.63, 3.8) is 0 Å². The van der Waals surface area contributed by atoms with Gasteiger partial charge in [0, 0.05) is 23.1 Å². The van der Waals surface area contributed by atoms with Crippen LogP contribution >= 0.6 is 11.3 Å². The maximum absolute atomic E-state index is 11.9. The molecule has 2 heterocycles. The summed E-state index contributed by atoms with van der Waals surface area (Å²) in [6, 6.07) is 11.7. The van der Waals surface area contributed by atoms with Gasteiger partial charge in [0.15, 0.2) is 15.9 Å². The van der Waals surface area contributed by atoms with Crippen molar-refractivity contribution in [2.24, 2.45) is 5.16 Å². The highest BCUT2D eigenvalue weighted by Gasteiger charge is 2.28. The molecule has 0 bridgehead atoms. The van der Waals surface area contributed by atoms with E-state index in [2.05, 4.69) is 5.16 Å². The summed E-state index contributed by atoms with van der Waals surface area (Å²) in [5.74, 6) is 0. The predicted octanol–water partition coefficient (Wildman–Crippen LogP) is 3.33. The zero-order chi connectivity index (χ0) is 15.0. The number of hydrogen-bond acceptors (Lipinski definition) is 5. The van der Waals surface area contributed by atoms with Gasteiger partial charge in [0.1, 0.15) is 4.21 Å². The number of sulfone groups is 1. The van der Waals surface area contributed by atoms with Crippen molar-refractivity contribution in [2.75, 3.05) is 6.26 Å². The van der Waals surface area contributed by atoms with Crippen LogP contribution in [0, 0.1) is 6.92 Å². The van der Waals surface area contributed by atoms with Crippen LogP contribution in [0.3, 0.4) is 0 Å². The largest absolute Gasteiger partial charge is 0.387 e. The molecule has 0 radical (unpaired) electrons. The van der Waals surface area contributed by atoms with Crippen molar-refractivity contribution in [3.05, 3.63) is 52.4 Å². The summed E-state index contributed by atoms with van der Waals surface area (Å²) in [4.78, 5) is 6.44. The van der Waals surface area contributed by atoms with Gasteiger partial charge < -0.3 is 4.84 Å². The van der Waals surface area contributed by atoms with Gasteiger partial charge in [-0.3, -0.25) is 0 Å². The van der Waals surface area contributed by atoms with Crippen LogP contribution < -0.4 is 0 Å². The van der Waals surface area contributed by atoms with Gasteiger partial charge in [-0.1, -0.05) is 35.5 Å². The van der Waals surface area contributed by atoms with Gasteiger partial charge >= 0.3 is 0 Å². The van der Waals surface area contributed by atoms with Crippen LogP contribution in [-0.4, -0.2) is 20.4 Å². The molecule has 1 aliphatic rings. The molecule has 0 N–H and O–H groups in total. The second-order valence-electron chi connectivity index (χ2n) is 5.08. The summed E-state index contributed by atoms with van der Waals surface area (Å²) in [6.45, 7) is 1.90. The molecule has 0 unspecified atom stereocenters. The number of nitrogens with zero attached hydrogens (tertiary/aromatic N) is 1. The maximum Gasteiger partial charge on any atom is 0.185 e. The van der Waals surface area contributed by atoms with Crippen molar-refractivity contribution in [1.29, 1.82) is 0 Å². The lowest BCUT2D eigenvalue weighted by Gasteiger charge is -2.07. The third kappa shape index (κ3) is 2.87. The van der Waals surface area contributed by atoms with Crippen LogP contribution in [0.15, 0.2) is 45.8 Å². The summed E-state index contributed by atoms with van der Waals surface area (Å²) in [7, 11) is -3.25. The minimum absolute atomic E-state index is 0.145. The molecule has 0 amide bonds. The molecule has 0 aliphatic carbocycles. The van der Waals surface area contributed by atoms with Gasteiger partial charge in [0.2, 0.25) is 0 Å². The van der Waals surface area contributed by atoms with Gasteiger partial charge in [0.25, 0.3) is 0 Å². The Labute approximate surface area is 128 Å². The topological polar surface area (TPSA) is 55.7 Å². The Morgan fingerprint density at radius 1 is 1.29 bits per heavy atom. The van der Waals surface area contributed by atoms with Gasteiger partial charge in [-0.2, -0.15) is 0 Å². The normalized spacial score (nSPS) is 18.4. The Morgan fingerprint density at radius 2 is 2.00 bits per heavy atom. The fraction of sp³-hybridized carbons (Fsp3) is 0.267. The van der Waals surface area contributed by atoms with Crippen LogP contribution in [0.1, 0.15) is 28.5 Å². The molecule has 6 heteroatoms. The summed E-state index contributed by atoms with van der Waals surface area (Å²) < 4.78 is 24.2. The van der Waals surface area contributed by atoms with Crippen LogP contribution in [0.4, 0.5) is 0 Å². The Balaban J connectivity index is 1.91. The Hall–Kier alpha value is -1.66. The lowest BCUT2D eigenvalue weighted by Crippen LogP contribution is -2.05. The molecular weight excluding hydrogens is 306 g/mol. The summed E-state index contributed by atoms with van der Waals surface area (Å²) >= 11 is 1.28. The molecule has 3 rings (SSSR count). The molecule has 0 saturated carbocycles. The minimum atomic E-state index is -3.25. The van der Waals surface area contributed by atoms with E-state index >= 15 is 0 Å². The van der Waals surface area contributed by atoms with Crippen molar-refractivity contribution in [3.8, 4) is 0 Å². The molecular formula is C15H15NO3S2. The van der Waals surface area contributed by atoms with E-state index in [1.54, 1.807) is 0 Å². The average Bonchev–Trinajstić information content (AvgIpc) is 3.05. The predicted molar refractivity (Wildman–Crippen MR) is 83.6 cm³/mol. The first-order valence-corrected chi connectivity index (χ1v) is 9.24. The first kappa shape index (κ1) is 14.3. The Kier molecular flexibility index (Phi) is 3.59. The molecule has 4 nitrogen and oxygen atoms in total. The molecule has 0 fully saturated rings. The van der Waals surface area contributed by atoms with Crippen LogP contribution in [0.5, 0.6) is 0 Å². The highest BCUT2D eigenvalue weighted by atomic mass is 32.2. The van der Waals surface area contributed by atoms with Gasteiger partial charge in [-0.15, -0.1) is 11.3 Å². The van der Waals surface area contributed by atoms with Crippen LogP contribution in [-0.2, 0) is 14.7 Å². The summed E-state index contributed by atoms with van der Waals surface area (Å²) in [6.07, 6.45) is 1.67. The molecule has 1 atom stereocenters. The smallest absolute Gasteiger partial charge is 0.185 e. The standard InChI is InChI=1S/C15H15NO3S2/c1-10-8-12(15(20-10)21(2,17)18)13-9-14(19-16-13)11-6-4-3-5-7-11/h3-8,14H,9H2,1-2H3/t14-/m0/s1. The van der Waals surface area contributed by atoms with Gasteiger partial charge in [0.05, 0.1) is 5.71 Å². The first-order chi connectivity index (χ1) is 9.95. The van der Waals surface area contributed by atoms with E-state index in [-0.39, 0.29) is 6.10 Å². The number of hydrogen-bond donors (Lipinski definition) is 0. The molecule has 0 saturated heterocycles. The SMILES string of the molecule is Cc1cc(C2=NO[C@H](c3ccccc3)C2)c(S(C)(=O)=O)s1. The van der Waals surface area contributed by atoms with Crippen molar-refractivity contribution >= 4 is 26.9 Å². The molecule has 0 spiro atoms. The summed E-state index contributed by atoms with van der Waals surface area (Å²) in [5, 5.41) is 4.11. The van der Waals surface area contributed by atoms with Crippen molar-refractivity contribution < 1.29 is 13.3 Å². The number of oxime groups is 1. The van der Waals surface area contributed by atoms with E-state index in [4.69, 9.17) is 4.84 Å². The monoisotopic (exact) mass is 321 g/mol. The quantitative estimate of drug-likeness (QED) is 0.871. The lowest BCUT2D eigenvalue weighted by atomic mass is 10.0. The van der Waals surface area contributed by atoms with E-state index < -0.39 is 9.84 Å². The molecule has 21 heavy (non-hydrogen) atoms. The molecule has 1 aliphatic heterocycles. The lowest BCUT2D eigenvalue weighted by molar-refractivity contribution is 0.0857. The number of benzene rings is 1. The zero-order valence-corrected chi connectivity index (χ0v) is 13.4. The van der Waals surface area contributed by atoms with Crippen LogP contribution in [0.2, 0.25) is 0 Å². The second-order valence-corrected chi connectivity index (χ2v) is 8.54. The van der Waals surface area contributed by atoms with Crippen molar-refractivity contribution in [1.82, 2.24) is 0 Å². The van der Waals surface area contributed by atoms with Crippen LogP contribution in [0.25, 0.3) is 0 Å². The third-order valence-corrected chi connectivity index (χ3v) is 6.21. The first-order valence-electron chi connectivity index (χ1n) is 6.53. The Morgan fingerprint density at radius 3 is 2.67 bits per heavy atom.